The lowest BCUT2D eigenvalue weighted by Gasteiger charge is -2.25. The highest BCUT2D eigenvalue weighted by atomic mass is 15.2. The summed E-state index contributed by atoms with van der Waals surface area (Å²) in [6.45, 7) is 4.72. The van der Waals surface area contributed by atoms with E-state index in [2.05, 4.69) is 28.2 Å². The van der Waals surface area contributed by atoms with Crippen molar-refractivity contribution in [1.82, 2.24) is 9.88 Å². The molecule has 1 unspecified atom stereocenters. The van der Waals surface area contributed by atoms with E-state index in [1.165, 1.54) is 44.3 Å². The second-order valence-corrected chi connectivity index (χ2v) is 4.74. The minimum absolute atomic E-state index is 0.567. The van der Waals surface area contributed by atoms with E-state index in [0.29, 0.717) is 6.04 Å². The smallest absolute Gasteiger partial charge is 0.130 e. The van der Waals surface area contributed by atoms with Crippen LogP contribution in [0.4, 0.5) is 5.82 Å². The third-order valence-corrected chi connectivity index (χ3v) is 3.60. The maximum absolute atomic E-state index is 4.42. The van der Waals surface area contributed by atoms with Crippen LogP contribution in [-0.2, 0) is 0 Å². The Bertz CT molecular complexity index is 351. The van der Waals surface area contributed by atoms with Gasteiger partial charge >= 0.3 is 0 Å². The molecule has 1 aromatic rings. The molecule has 1 N–H and O–H groups in total. The van der Waals surface area contributed by atoms with E-state index in [1.54, 1.807) is 0 Å². The van der Waals surface area contributed by atoms with Crippen molar-refractivity contribution in [2.45, 2.75) is 38.6 Å². The molecular formula is C14H23N3. The molecule has 0 spiro atoms. The number of anilines is 1. The molecule has 94 valence electrons. The van der Waals surface area contributed by atoms with E-state index < -0.39 is 0 Å². The summed E-state index contributed by atoms with van der Waals surface area (Å²) < 4.78 is 0. The normalized spacial score (nSPS) is 20.7. The van der Waals surface area contributed by atoms with Crippen LogP contribution in [-0.4, -0.2) is 30.0 Å². The van der Waals surface area contributed by atoms with Crippen molar-refractivity contribution in [1.29, 1.82) is 0 Å². The number of nitrogens with one attached hydrogen (secondary N) is 1. The van der Waals surface area contributed by atoms with Crippen LogP contribution in [0.2, 0.25) is 0 Å². The fraction of sp³-hybridized carbons (Fsp3) is 0.643. The van der Waals surface area contributed by atoms with Crippen LogP contribution >= 0.6 is 0 Å². The Morgan fingerprint density at radius 2 is 2.41 bits per heavy atom. The molecule has 3 heteroatoms. The summed E-state index contributed by atoms with van der Waals surface area (Å²) in [5, 5.41) is 3.21. The van der Waals surface area contributed by atoms with E-state index in [4.69, 9.17) is 0 Å². The van der Waals surface area contributed by atoms with Crippen LogP contribution in [0, 0.1) is 0 Å². The summed E-state index contributed by atoms with van der Waals surface area (Å²) >= 11 is 0. The van der Waals surface area contributed by atoms with Gasteiger partial charge in [-0.25, -0.2) is 4.98 Å². The molecule has 2 heterocycles. The van der Waals surface area contributed by atoms with Crippen molar-refractivity contribution < 1.29 is 0 Å². The number of aromatic nitrogens is 1. The van der Waals surface area contributed by atoms with Crippen molar-refractivity contribution in [3.8, 4) is 0 Å². The van der Waals surface area contributed by atoms with Gasteiger partial charge in [0.1, 0.15) is 5.82 Å². The minimum Gasteiger partial charge on any atom is -0.373 e. The number of nitrogens with zero attached hydrogens (tertiary/aromatic N) is 2. The summed E-state index contributed by atoms with van der Waals surface area (Å²) in [5.41, 5.74) is 1.36. The van der Waals surface area contributed by atoms with Crippen LogP contribution < -0.4 is 5.32 Å². The molecule has 3 nitrogen and oxygen atoms in total. The third-order valence-electron chi connectivity index (χ3n) is 3.60. The molecule has 1 aromatic heterocycles. The molecule has 0 amide bonds. The maximum Gasteiger partial charge on any atom is 0.130 e. The van der Waals surface area contributed by atoms with E-state index >= 15 is 0 Å². The van der Waals surface area contributed by atoms with Crippen molar-refractivity contribution in [2.75, 3.05) is 25.5 Å². The highest BCUT2D eigenvalue weighted by Gasteiger charge is 2.27. The molecule has 0 radical (unpaired) electrons. The van der Waals surface area contributed by atoms with Gasteiger partial charge in [-0.15, -0.1) is 0 Å². The van der Waals surface area contributed by atoms with E-state index in [9.17, 15) is 0 Å². The number of hydrogen-bond donors (Lipinski definition) is 1. The van der Waals surface area contributed by atoms with E-state index in [-0.39, 0.29) is 0 Å². The molecule has 0 saturated carbocycles. The molecule has 1 saturated heterocycles. The monoisotopic (exact) mass is 233 g/mol. The van der Waals surface area contributed by atoms with Crippen LogP contribution in [0.3, 0.4) is 0 Å². The van der Waals surface area contributed by atoms with Gasteiger partial charge in [-0.05, 0) is 38.4 Å². The lowest BCUT2D eigenvalue weighted by molar-refractivity contribution is 0.253. The van der Waals surface area contributed by atoms with Gasteiger partial charge in [0.2, 0.25) is 0 Å². The minimum atomic E-state index is 0.567. The summed E-state index contributed by atoms with van der Waals surface area (Å²) in [4.78, 5) is 7.03. The first kappa shape index (κ1) is 12.4. The summed E-state index contributed by atoms with van der Waals surface area (Å²) in [6.07, 6.45) is 7.01. The van der Waals surface area contributed by atoms with Gasteiger partial charge in [-0.1, -0.05) is 19.4 Å². The number of hydrogen-bond acceptors (Lipinski definition) is 3. The molecule has 1 aliphatic rings. The van der Waals surface area contributed by atoms with Crippen LogP contribution in [0.15, 0.2) is 18.3 Å². The number of rotatable bonds is 5. The first-order valence-corrected chi connectivity index (χ1v) is 6.73. The van der Waals surface area contributed by atoms with E-state index in [0.717, 1.165) is 5.82 Å². The molecule has 1 atom stereocenters. The lowest BCUT2D eigenvalue weighted by atomic mass is 10.1. The molecule has 0 aliphatic carbocycles. The highest BCUT2D eigenvalue weighted by molar-refractivity contribution is 5.45. The summed E-state index contributed by atoms with van der Waals surface area (Å²) in [7, 11) is 1.96. The van der Waals surface area contributed by atoms with Crippen molar-refractivity contribution in [2.24, 2.45) is 0 Å². The Kier molecular flexibility index (Phi) is 4.37. The summed E-state index contributed by atoms with van der Waals surface area (Å²) in [5.74, 6) is 1.04. The Labute approximate surface area is 104 Å². The van der Waals surface area contributed by atoms with Crippen LogP contribution in [0.1, 0.15) is 44.2 Å². The molecule has 0 bridgehead atoms. The van der Waals surface area contributed by atoms with Gasteiger partial charge in [-0.3, -0.25) is 4.90 Å². The lowest BCUT2D eigenvalue weighted by Crippen LogP contribution is -2.25. The number of unbranched alkanes of at least 4 members (excludes halogenated alkanes) is 1. The SMILES string of the molecule is CCCCN1CCCC1c1cccnc1NC. The second-order valence-electron chi connectivity index (χ2n) is 4.74. The molecule has 2 rings (SSSR count). The fourth-order valence-corrected chi connectivity index (χ4v) is 2.70. The Hall–Kier alpha value is -1.09. The first-order chi connectivity index (χ1) is 8.36. The number of likely N-dealkylation sites (tertiary alicyclic amines) is 1. The topological polar surface area (TPSA) is 28.2 Å². The van der Waals surface area contributed by atoms with Gasteiger partial charge in [-0.2, -0.15) is 0 Å². The highest BCUT2D eigenvalue weighted by Crippen LogP contribution is 2.34. The van der Waals surface area contributed by atoms with Gasteiger partial charge in [0.25, 0.3) is 0 Å². The van der Waals surface area contributed by atoms with Crippen molar-refractivity contribution >= 4 is 5.82 Å². The predicted octanol–water partition coefficient (Wildman–Crippen LogP) is 3.06. The van der Waals surface area contributed by atoms with Gasteiger partial charge in [0.15, 0.2) is 0 Å². The van der Waals surface area contributed by atoms with Gasteiger partial charge < -0.3 is 5.32 Å². The Morgan fingerprint density at radius 1 is 1.53 bits per heavy atom. The first-order valence-electron chi connectivity index (χ1n) is 6.73. The maximum atomic E-state index is 4.42. The average Bonchev–Trinajstić information content (AvgIpc) is 2.84. The van der Waals surface area contributed by atoms with E-state index in [1.807, 2.05) is 19.3 Å². The standard InChI is InChI=1S/C14H23N3/c1-3-4-10-17-11-6-8-13(17)12-7-5-9-16-14(12)15-2/h5,7,9,13H,3-4,6,8,10-11H2,1-2H3,(H,15,16). The average molecular weight is 233 g/mol. The van der Waals surface area contributed by atoms with Crippen LogP contribution in [0.25, 0.3) is 0 Å². The van der Waals surface area contributed by atoms with Crippen molar-refractivity contribution in [3.63, 3.8) is 0 Å². The zero-order valence-corrected chi connectivity index (χ0v) is 10.9. The zero-order valence-electron chi connectivity index (χ0n) is 10.9. The molecule has 17 heavy (non-hydrogen) atoms. The van der Waals surface area contributed by atoms with Crippen LogP contribution in [0.5, 0.6) is 0 Å². The van der Waals surface area contributed by atoms with Gasteiger partial charge in [0.05, 0.1) is 0 Å². The quantitative estimate of drug-likeness (QED) is 0.847. The molecule has 1 aliphatic heterocycles. The Balaban J connectivity index is 2.14. The zero-order chi connectivity index (χ0) is 12.1. The molecular weight excluding hydrogens is 210 g/mol. The predicted molar refractivity (Wildman–Crippen MR) is 72.2 cm³/mol. The fourth-order valence-electron chi connectivity index (χ4n) is 2.70. The Morgan fingerprint density at radius 3 is 3.18 bits per heavy atom. The molecule has 0 aromatic carbocycles. The largest absolute Gasteiger partial charge is 0.373 e. The third kappa shape index (κ3) is 2.78. The molecule has 1 fully saturated rings. The number of pyridine rings is 1. The summed E-state index contributed by atoms with van der Waals surface area (Å²) in [6, 6.07) is 4.83. The van der Waals surface area contributed by atoms with Crippen molar-refractivity contribution in [3.05, 3.63) is 23.9 Å². The van der Waals surface area contributed by atoms with Gasteiger partial charge in [0, 0.05) is 24.8 Å². The second kappa shape index (κ2) is 6.01.